The summed E-state index contributed by atoms with van der Waals surface area (Å²) >= 11 is 0. The van der Waals surface area contributed by atoms with E-state index in [1.807, 2.05) is 158 Å². The first kappa shape index (κ1) is 98.7. The monoisotopic (exact) mass is 1680 g/mol. The number of para-hydroxylation sites is 1. The zero-order chi connectivity index (χ0) is 84.6. The molecule has 12 aromatic carbocycles. The summed E-state index contributed by atoms with van der Waals surface area (Å²) in [5.74, 6) is -1.24. The molecular formula is C93H102N18Na2O6S2. The standard InChI is InChI=1S/C25H28N4.C23H25N5O3S.C22H23N5.C16H19N3.C7H9NO3S.2Na/c1-3-5-7-21-10-14-23(15-11-21)27-29-25-18-16-24(17-19-25)28-26-22-12-8-20(6-4-2)9-13-22;1-2-3-4-18-5-7-20(8-6-18)25-27-22-13-15-23(16-14-22)28-26-21-11-9-19(10-12-21)24-17-32(29,30)31;1-2-3-4-17-5-9-19(10-6-17)24-26-21-13-15-22(16-14-21)27-25-20-11-7-18(23)8-12-20;1-2-3-4-13-5-9-15(10-6-13)18-19-16-11-7-14(17)8-12-16;9-12(10,11)6-8-7-4-2-1-3-5-7;;/h8-19H,3-7H2,1-2H3;5-16,24H,2-4,17H2,1H3,(H,29,30,31);5-16H,2-4,23H2,1H3;5-12H,2-4,17H2,1H3;1-5,8H,6H2,(H,9,10,11);;/q;;;;;2*+1/p-2. The molecule has 24 nitrogen and oxygen atoms in total. The third-order valence-electron chi connectivity index (χ3n) is 17.3. The maximum Gasteiger partial charge on any atom is 1.00 e. The summed E-state index contributed by atoms with van der Waals surface area (Å²) < 4.78 is 62.5. The summed E-state index contributed by atoms with van der Waals surface area (Å²) in [5, 5.41) is 64.4. The van der Waals surface area contributed by atoms with Crippen LogP contribution in [0.2, 0.25) is 0 Å². The summed E-state index contributed by atoms with van der Waals surface area (Å²) in [6, 6.07) is 93.3. The number of anilines is 4. The van der Waals surface area contributed by atoms with E-state index in [0.717, 1.165) is 107 Å². The van der Waals surface area contributed by atoms with Gasteiger partial charge in [-0.3, -0.25) is 0 Å². The quantitative estimate of drug-likeness (QED) is 0.0128. The average Bonchev–Trinajstić information content (AvgIpc) is 0.887. The number of azo groups is 7. The largest absolute Gasteiger partial charge is 1.00 e. The SMILES string of the molecule is CCCCc1ccc(N=Nc2ccc(N)cc2)cc1.CCCCc1ccc(N=Nc2ccc(N=Nc3ccc(CCC)cc3)cc2)cc1.CCCCc1ccc(N=Nc2ccc(N=Nc3ccc(N)cc3)cc2)cc1.CCCCc1ccc(N=Nc2ccc(N=Nc3ccc(NCS(=O)(=O)[O-])cc3)cc2)cc1.O=S(=O)([O-])CNc1ccccc1.[Na+].[Na+]. The fraction of sp³-hybridized carbons (Fsp3) is 0.226. The van der Waals surface area contributed by atoms with E-state index in [-0.39, 0.29) is 59.1 Å². The Bertz CT molecular complexity index is 5400. The first-order valence-corrected chi connectivity index (χ1v) is 42.8. The Morgan fingerprint density at radius 1 is 0.231 bits per heavy atom. The van der Waals surface area contributed by atoms with E-state index in [4.69, 9.17) is 11.5 Å². The van der Waals surface area contributed by atoms with Crippen LogP contribution >= 0.6 is 0 Å². The number of rotatable bonds is 34. The molecular weight excluding hydrogens is 1580 g/mol. The number of hydrogen-bond acceptors (Lipinski definition) is 24. The minimum atomic E-state index is -4.32. The maximum atomic E-state index is 10.6. The second-order valence-corrected chi connectivity index (χ2v) is 30.1. The molecule has 0 atom stereocenters. The van der Waals surface area contributed by atoms with Crippen LogP contribution in [-0.2, 0) is 52.3 Å². The number of hydrogen-bond donors (Lipinski definition) is 4. The van der Waals surface area contributed by atoms with Crippen LogP contribution in [0.3, 0.4) is 0 Å². The Balaban J connectivity index is 0.000000240. The second-order valence-electron chi connectivity index (χ2n) is 27.3. The van der Waals surface area contributed by atoms with Gasteiger partial charge in [0.15, 0.2) is 0 Å². The summed E-state index contributed by atoms with van der Waals surface area (Å²) in [7, 11) is -8.51. The fourth-order valence-corrected chi connectivity index (χ4v) is 11.3. The Kier molecular flexibility index (Phi) is 45.4. The summed E-state index contributed by atoms with van der Waals surface area (Å²) in [5.41, 5.74) is 31.4. The van der Waals surface area contributed by atoms with Crippen molar-refractivity contribution < 1.29 is 85.1 Å². The van der Waals surface area contributed by atoms with Gasteiger partial charge >= 0.3 is 59.1 Å². The molecule has 0 unspecified atom stereocenters. The van der Waals surface area contributed by atoms with Gasteiger partial charge in [0.05, 0.1) is 79.6 Å². The van der Waals surface area contributed by atoms with Gasteiger partial charge < -0.3 is 31.2 Å². The molecule has 0 aliphatic rings. The third kappa shape index (κ3) is 41.6. The van der Waals surface area contributed by atoms with Crippen molar-refractivity contribution in [3.8, 4) is 0 Å². The van der Waals surface area contributed by atoms with Gasteiger partial charge in [0.1, 0.15) is 32.0 Å². The number of nitrogen functional groups attached to an aromatic ring is 2. The van der Waals surface area contributed by atoms with Crippen LogP contribution in [0.1, 0.15) is 120 Å². The molecule has 6 N–H and O–H groups in total. The molecule has 121 heavy (non-hydrogen) atoms. The van der Waals surface area contributed by atoms with E-state index in [0.29, 0.717) is 34.1 Å². The van der Waals surface area contributed by atoms with Crippen molar-refractivity contribution in [2.75, 3.05) is 33.9 Å². The normalized spacial score (nSPS) is 11.3. The molecule has 0 radical (unpaired) electrons. The van der Waals surface area contributed by atoms with Crippen LogP contribution in [0.25, 0.3) is 0 Å². The van der Waals surface area contributed by atoms with Gasteiger partial charge in [-0.15, -0.1) is 0 Å². The zero-order valence-corrected chi connectivity index (χ0v) is 75.4. The molecule has 0 bridgehead atoms. The number of unbranched alkanes of at least 4 members (excludes halogenated alkanes) is 4. The van der Waals surface area contributed by atoms with Gasteiger partial charge in [0.25, 0.3) is 0 Å². The fourth-order valence-electron chi connectivity index (χ4n) is 10.7. The summed E-state index contributed by atoms with van der Waals surface area (Å²) in [6.07, 6.45) is 16.3. The van der Waals surface area contributed by atoms with E-state index < -0.39 is 32.0 Å². The Morgan fingerprint density at radius 3 is 0.579 bits per heavy atom. The first-order chi connectivity index (χ1) is 57.7. The average molecular weight is 1680 g/mol. The molecule has 12 aromatic rings. The molecule has 0 saturated heterocycles. The number of nitrogens with two attached hydrogens (primary N) is 2. The summed E-state index contributed by atoms with van der Waals surface area (Å²) in [6.45, 7) is 11.0. The van der Waals surface area contributed by atoms with E-state index in [1.165, 1.54) is 79.2 Å². The number of nitrogens with one attached hydrogen (secondary N) is 2. The molecule has 0 heterocycles. The van der Waals surface area contributed by atoms with Gasteiger partial charge in [0, 0.05) is 22.7 Å². The van der Waals surface area contributed by atoms with Gasteiger partial charge in [-0.05, 0) is 304 Å². The molecule has 614 valence electrons. The molecule has 0 saturated carbocycles. The van der Waals surface area contributed by atoms with Crippen LogP contribution in [-0.4, -0.2) is 37.7 Å². The molecule has 0 amide bonds. The van der Waals surface area contributed by atoms with Crippen molar-refractivity contribution >= 4 is 123 Å². The van der Waals surface area contributed by atoms with Crippen molar-refractivity contribution in [2.45, 2.75) is 125 Å². The van der Waals surface area contributed by atoms with Crippen molar-refractivity contribution in [2.24, 2.45) is 71.6 Å². The third-order valence-corrected chi connectivity index (χ3v) is 18.3. The number of benzene rings is 12. The van der Waals surface area contributed by atoms with E-state index in [1.54, 1.807) is 78.9 Å². The second kappa shape index (κ2) is 55.6. The Labute approximate surface area is 756 Å². The minimum absolute atomic E-state index is 0. The minimum Gasteiger partial charge on any atom is -0.747 e. The van der Waals surface area contributed by atoms with Gasteiger partial charge in [-0.25, -0.2) is 16.8 Å². The van der Waals surface area contributed by atoms with Crippen molar-refractivity contribution in [3.05, 3.63) is 325 Å². The van der Waals surface area contributed by atoms with Crippen molar-refractivity contribution in [1.82, 2.24) is 0 Å². The smallest absolute Gasteiger partial charge is 0.747 e. The first-order valence-electron chi connectivity index (χ1n) is 39.6. The van der Waals surface area contributed by atoms with Crippen LogP contribution in [0, 0.1) is 0 Å². The van der Waals surface area contributed by atoms with Crippen LogP contribution in [0.15, 0.2) is 369 Å². The molecule has 28 heteroatoms. The maximum absolute atomic E-state index is 10.6. The predicted octanol–water partition coefficient (Wildman–Crippen LogP) is 22.7. The molecule has 0 aromatic heterocycles. The summed E-state index contributed by atoms with van der Waals surface area (Å²) in [4.78, 5) is 0. The predicted molar refractivity (Wildman–Crippen MR) is 480 cm³/mol. The number of nitrogens with zero attached hydrogens (tertiary/aromatic N) is 14. The van der Waals surface area contributed by atoms with Gasteiger partial charge in [-0.1, -0.05) is 146 Å². The Hall–Kier alpha value is -11.1. The molecule has 0 aliphatic heterocycles. The molecule has 12 rings (SSSR count). The zero-order valence-electron chi connectivity index (χ0n) is 69.8. The van der Waals surface area contributed by atoms with E-state index in [9.17, 15) is 25.9 Å². The van der Waals surface area contributed by atoms with E-state index in [2.05, 4.69) is 178 Å². The van der Waals surface area contributed by atoms with Crippen LogP contribution in [0.5, 0.6) is 0 Å². The molecule has 0 spiro atoms. The molecule has 0 aliphatic carbocycles. The topological polar surface area (TPSA) is 364 Å². The van der Waals surface area contributed by atoms with Gasteiger partial charge in [0.2, 0.25) is 0 Å². The van der Waals surface area contributed by atoms with Gasteiger partial charge in [-0.2, -0.15) is 71.6 Å². The Morgan fingerprint density at radius 2 is 0.397 bits per heavy atom. The van der Waals surface area contributed by atoms with Crippen molar-refractivity contribution in [3.63, 3.8) is 0 Å². The van der Waals surface area contributed by atoms with E-state index >= 15 is 0 Å². The molecule has 0 fully saturated rings. The van der Waals surface area contributed by atoms with Crippen LogP contribution < -0.4 is 81.2 Å². The van der Waals surface area contributed by atoms with Crippen molar-refractivity contribution in [1.29, 1.82) is 0 Å². The number of aryl methyl sites for hydroxylation is 5. The van der Waals surface area contributed by atoms with Crippen LogP contribution in [0.4, 0.5) is 102 Å².